The summed E-state index contributed by atoms with van der Waals surface area (Å²) in [6.07, 6.45) is 10.1. The van der Waals surface area contributed by atoms with Crippen molar-refractivity contribution in [1.82, 2.24) is 10.6 Å². The first kappa shape index (κ1) is 21.3. The van der Waals surface area contributed by atoms with Crippen LogP contribution in [0.4, 0.5) is 0 Å². The van der Waals surface area contributed by atoms with Gasteiger partial charge in [0.05, 0.1) is 0 Å². The minimum Gasteiger partial charge on any atom is -0.462 e. The van der Waals surface area contributed by atoms with Crippen LogP contribution in [0.25, 0.3) is 12.2 Å². The van der Waals surface area contributed by atoms with Gasteiger partial charge in [-0.3, -0.25) is 9.59 Å². The summed E-state index contributed by atoms with van der Waals surface area (Å²) in [5.74, 6) is 2.73. The third-order valence-electron chi connectivity index (χ3n) is 4.02. The summed E-state index contributed by atoms with van der Waals surface area (Å²) in [6, 6.07) is 7.36. The van der Waals surface area contributed by atoms with Crippen LogP contribution in [0.1, 0.15) is 48.7 Å². The second-order valence-corrected chi connectivity index (χ2v) is 6.56. The van der Waals surface area contributed by atoms with Crippen LogP contribution >= 0.6 is 0 Å². The quantitative estimate of drug-likeness (QED) is 0.453. The molecule has 6 heteroatoms. The largest absolute Gasteiger partial charge is 0.462 e. The van der Waals surface area contributed by atoms with Crippen LogP contribution < -0.4 is 10.6 Å². The molecule has 150 valence electrons. The van der Waals surface area contributed by atoms with Gasteiger partial charge in [0, 0.05) is 25.2 Å². The summed E-state index contributed by atoms with van der Waals surface area (Å²) in [6.45, 7) is 5.00. The number of amides is 2. The molecule has 6 nitrogen and oxygen atoms in total. The smallest absolute Gasteiger partial charge is 0.244 e. The molecule has 2 amide bonds. The van der Waals surface area contributed by atoms with E-state index in [2.05, 4.69) is 10.6 Å². The molecule has 0 bridgehead atoms. The Balaban J connectivity index is 1.46. The molecule has 28 heavy (non-hydrogen) atoms. The average molecular weight is 384 g/mol. The normalized spacial score (nSPS) is 11.4. The molecule has 0 radical (unpaired) electrons. The van der Waals surface area contributed by atoms with Gasteiger partial charge in [-0.05, 0) is 63.1 Å². The first-order valence-electron chi connectivity index (χ1n) is 9.57. The highest BCUT2D eigenvalue weighted by Crippen LogP contribution is 2.08. The highest BCUT2D eigenvalue weighted by molar-refractivity contribution is 5.91. The minimum absolute atomic E-state index is 0.125. The second kappa shape index (κ2) is 11.6. The van der Waals surface area contributed by atoms with E-state index in [0.29, 0.717) is 24.6 Å². The van der Waals surface area contributed by atoms with Crippen molar-refractivity contribution in [3.8, 4) is 0 Å². The van der Waals surface area contributed by atoms with Crippen LogP contribution in [0.5, 0.6) is 0 Å². The molecule has 0 saturated carbocycles. The fourth-order valence-electron chi connectivity index (χ4n) is 2.55. The lowest BCUT2D eigenvalue weighted by atomic mass is 10.2. The first-order valence-corrected chi connectivity index (χ1v) is 9.57. The van der Waals surface area contributed by atoms with E-state index in [-0.39, 0.29) is 11.8 Å². The molecular weight excluding hydrogens is 356 g/mol. The van der Waals surface area contributed by atoms with Crippen molar-refractivity contribution >= 4 is 24.0 Å². The molecule has 2 aromatic rings. The lowest BCUT2D eigenvalue weighted by Gasteiger charge is -2.04. The zero-order valence-electron chi connectivity index (χ0n) is 16.5. The zero-order chi connectivity index (χ0) is 20.2. The molecule has 0 spiro atoms. The van der Waals surface area contributed by atoms with Crippen molar-refractivity contribution < 1.29 is 18.4 Å². The van der Waals surface area contributed by atoms with E-state index in [0.717, 1.165) is 37.2 Å². The van der Waals surface area contributed by atoms with Crippen LogP contribution in [-0.4, -0.2) is 24.9 Å². The maximum absolute atomic E-state index is 11.7. The molecule has 0 unspecified atom stereocenters. The van der Waals surface area contributed by atoms with Gasteiger partial charge in [-0.1, -0.05) is 12.8 Å². The molecule has 0 atom stereocenters. The van der Waals surface area contributed by atoms with E-state index in [9.17, 15) is 9.59 Å². The third kappa shape index (κ3) is 8.58. The molecule has 0 fully saturated rings. The van der Waals surface area contributed by atoms with Gasteiger partial charge < -0.3 is 19.5 Å². The van der Waals surface area contributed by atoms with Gasteiger partial charge in [-0.15, -0.1) is 0 Å². The summed E-state index contributed by atoms with van der Waals surface area (Å²) < 4.78 is 10.7. The predicted octanol–water partition coefficient (Wildman–Crippen LogP) is 4.01. The lowest BCUT2D eigenvalue weighted by Crippen LogP contribution is -2.23. The van der Waals surface area contributed by atoms with E-state index in [1.54, 1.807) is 12.2 Å². The summed E-state index contributed by atoms with van der Waals surface area (Å²) >= 11 is 0. The molecular formula is C22H28N2O4. The molecule has 0 aromatic carbocycles. The molecule has 2 N–H and O–H groups in total. The summed E-state index contributed by atoms with van der Waals surface area (Å²) in [5, 5.41) is 5.70. The van der Waals surface area contributed by atoms with E-state index in [4.69, 9.17) is 8.83 Å². The summed E-state index contributed by atoms with van der Waals surface area (Å²) in [4.78, 5) is 23.4. The Kier molecular flexibility index (Phi) is 8.85. The topological polar surface area (TPSA) is 84.5 Å². The lowest BCUT2D eigenvalue weighted by molar-refractivity contribution is -0.117. The highest BCUT2D eigenvalue weighted by Gasteiger charge is 1.99. The molecule has 2 heterocycles. The monoisotopic (exact) mass is 384 g/mol. The predicted molar refractivity (Wildman–Crippen MR) is 109 cm³/mol. The number of unbranched alkanes of at least 4 members (excludes halogenated alkanes) is 3. The number of hydrogen-bond donors (Lipinski definition) is 2. The second-order valence-electron chi connectivity index (χ2n) is 6.56. The van der Waals surface area contributed by atoms with E-state index >= 15 is 0 Å². The zero-order valence-corrected chi connectivity index (χ0v) is 16.5. The first-order chi connectivity index (χ1) is 13.5. The van der Waals surface area contributed by atoms with Gasteiger partial charge in [0.25, 0.3) is 0 Å². The summed E-state index contributed by atoms with van der Waals surface area (Å²) in [5.41, 5.74) is 0. The Hall–Kier alpha value is -3.02. The van der Waals surface area contributed by atoms with Crippen molar-refractivity contribution in [2.75, 3.05) is 13.1 Å². The summed E-state index contributed by atoms with van der Waals surface area (Å²) in [7, 11) is 0. The number of rotatable bonds is 11. The number of carbonyl (C=O) groups excluding carboxylic acids is 2. The SMILES string of the molecule is Cc1ccc(/C=C/C(=O)NCCCCCCNC(=O)/C=C/c2ccc(C)o2)o1. The van der Waals surface area contributed by atoms with Crippen molar-refractivity contribution in [3.05, 3.63) is 59.5 Å². The van der Waals surface area contributed by atoms with E-state index < -0.39 is 0 Å². The number of carbonyl (C=O) groups is 2. The fourth-order valence-corrected chi connectivity index (χ4v) is 2.55. The van der Waals surface area contributed by atoms with Crippen molar-refractivity contribution in [2.45, 2.75) is 39.5 Å². The van der Waals surface area contributed by atoms with Crippen molar-refractivity contribution in [3.63, 3.8) is 0 Å². The molecule has 2 aromatic heterocycles. The minimum atomic E-state index is -0.125. The Morgan fingerprint density at radius 1 is 0.750 bits per heavy atom. The van der Waals surface area contributed by atoms with Crippen LogP contribution in [0, 0.1) is 13.8 Å². The Bertz CT molecular complexity index is 746. The van der Waals surface area contributed by atoms with Crippen molar-refractivity contribution in [1.29, 1.82) is 0 Å². The maximum Gasteiger partial charge on any atom is 0.244 e. The van der Waals surface area contributed by atoms with Gasteiger partial charge >= 0.3 is 0 Å². The average Bonchev–Trinajstić information content (AvgIpc) is 3.28. The van der Waals surface area contributed by atoms with Crippen LogP contribution in [-0.2, 0) is 9.59 Å². The molecule has 2 rings (SSSR count). The Morgan fingerprint density at radius 2 is 1.18 bits per heavy atom. The van der Waals surface area contributed by atoms with Crippen molar-refractivity contribution in [2.24, 2.45) is 0 Å². The molecule has 0 aliphatic rings. The van der Waals surface area contributed by atoms with E-state index in [1.165, 1.54) is 12.2 Å². The van der Waals surface area contributed by atoms with Gasteiger partial charge in [-0.2, -0.15) is 0 Å². The Morgan fingerprint density at radius 3 is 1.54 bits per heavy atom. The maximum atomic E-state index is 11.7. The van der Waals surface area contributed by atoms with Crippen LogP contribution in [0.15, 0.2) is 45.3 Å². The van der Waals surface area contributed by atoms with Gasteiger partial charge in [0.2, 0.25) is 11.8 Å². The number of nitrogens with one attached hydrogen (secondary N) is 2. The molecule has 0 aliphatic heterocycles. The number of furan rings is 2. The highest BCUT2D eigenvalue weighted by atomic mass is 16.3. The van der Waals surface area contributed by atoms with Crippen LogP contribution in [0.3, 0.4) is 0 Å². The molecule has 0 aliphatic carbocycles. The van der Waals surface area contributed by atoms with E-state index in [1.807, 2.05) is 38.1 Å². The third-order valence-corrected chi connectivity index (χ3v) is 4.02. The van der Waals surface area contributed by atoms with Gasteiger partial charge in [0.15, 0.2) is 0 Å². The fraction of sp³-hybridized carbons (Fsp3) is 0.364. The Labute approximate surface area is 165 Å². The van der Waals surface area contributed by atoms with Gasteiger partial charge in [-0.25, -0.2) is 0 Å². The van der Waals surface area contributed by atoms with Gasteiger partial charge in [0.1, 0.15) is 23.0 Å². The molecule has 0 saturated heterocycles. The standard InChI is InChI=1S/C22H28N2O4/c1-17-7-9-19(27-17)11-13-21(25)23-15-5-3-4-6-16-24-22(26)14-12-20-10-8-18(2)28-20/h7-14H,3-6,15-16H2,1-2H3,(H,23,25)(H,24,26)/b13-11+,14-12+. The number of aryl methyl sites for hydroxylation is 2. The number of hydrogen-bond acceptors (Lipinski definition) is 4. The van der Waals surface area contributed by atoms with Crippen LogP contribution in [0.2, 0.25) is 0 Å².